The molecule has 96 valence electrons. The molecule has 1 aromatic carbocycles. The van der Waals surface area contributed by atoms with E-state index in [1.807, 2.05) is 25.1 Å². The number of benzene rings is 1. The predicted octanol–water partition coefficient (Wildman–Crippen LogP) is 3.22. The summed E-state index contributed by atoms with van der Waals surface area (Å²) >= 11 is 0. The normalized spacial score (nSPS) is 26.2. The molecular weight excluding hydrogens is 226 g/mol. The topological polar surface area (TPSA) is 49.3 Å². The fraction of sp³-hybridized carbons (Fsp3) is 0.400. The molecule has 2 atom stereocenters. The van der Waals surface area contributed by atoms with Crippen LogP contribution in [0.15, 0.2) is 42.5 Å². The van der Waals surface area contributed by atoms with Gasteiger partial charge in [-0.05, 0) is 24.8 Å². The minimum absolute atomic E-state index is 0.237. The van der Waals surface area contributed by atoms with Gasteiger partial charge < -0.3 is 10.4 Å². The van der Waals surface area contributed by atoms with E-state index >= 15 is 0 Å². The van der Waals surface area contributed by atoms with E-state index in [4.69, 9.17) is 5.11 Å². The Morgan fingerprint density at radius 2 is 2.17 bits per heavy atom. The second-order valence-corrected chi connectivity index (χ2v) is 4.87. The van der Waals surface area contributed by atoms with Crippen LogP contribution in [0.4, 0.5) is 4.79 Å². The number of carboxylic acid groups (broad SMARTS) is 1. The standard InChI is InChI=1S/C15H19NO2/c1-2-15(16-14(17)18)10-6-9-13(15)11-12-7-4-3-5-8-12/h3-9,13,16H,2,10-11H2,1H3,(H,17,18). The van der Waals surface area contributed by atoms with Gasteiger partial charge in [0.25, 0.3) is 0 Å². The Morgan fingerprint density at radius 3 is 2.78 bits per heavy atom. The van der Waals surface area contributed by atoms with E-state index in [0.717, 1.165) is 19.3 Å². The van der Waals surface area contributed by atoms with Crippen molar-refractivity contribution in [2.75, 3.05) is 0 Å². The molecule has 2 N–H and O–H groups in total. The lowest BCUT2D eigenvalue weighted by Crippen LogP contribution is -2.51. The van der Waals surface area contributed by atoms with Gasteiger partial charge in [0.1, 0.15) is 0 Å². The van der Waals surface area contributed by atoms with Crippen LogP contribution in [0.5, 0.6) is 0 Å². The van der Waals surface area contributed by atoms with Crippen molar-refractivity contribution >= 4 is 6.09 Å². The summed E-state index contributed by atoms with van der Waals surface area (Å²) in [5, 5.41) is 11.7. The molecule has 2 rings (SSSR count). The molecule has 3 nitrogen and oxygen atoms in total. The van der Waals surface area contributed by atoms with Crippen LogP contribution in [0.2, 0.25) is 0 Å². The maximum atomic E-state index is 11.0. The zero-order valence-corrected chi connectivity index (χ0v) is 10.6. The summed E-state index contributed by atoms with van der Waals surface area (Å²) in [7, 11) is 0. The van der Waals surface area contributed by atoms with Crippen molar-refractivity contribution in [2.45, 2.75) is 31.7 Å². The van der Waals surface area contributed by atoms with Crippen LogP contribution in [-0.2, 0) is 6.42 Å². The lowest BCUT2D eigenvalue weighted by molar-refractivity contribution is 0.165. The van der Waals surface area contributed by atoms with E-state index in [2.05, 4.69) is 29.6 Å². The van der Waals surface area contributed by atoms with Gasteiger partial charge in [-0.25, -0.2) is 4.79 Å². The van der Waals surface area contributed by atoms with Crippen LogP contribution >= 0.6 is 0 Å². The average molecular weight is 245 g/mol. The highest BCUT2D eigenvalue weighted by Crippen LogP contribution is 2.35. The van der Waals surface area contributed by atoms with E-state index in [9.17, 15) is 4.79 Å². The van der Waals surface area contributed by atoms with E-state index in [1.54, 1.807) is 0 Å². The Kier molecular flexibility index (Phi) is 3.70. The van der Waals surface area contributed by atoms with Crippen LogP contribution < -0.4 is 5.32 Å². The molecule has 0 fully saturated rings. The lowest BCUT2D eigenvalue weighted by atomic mass is 9.80. The van der Waals surface area contributed by atoms with E-state index < -0.39 is 6.09 Å². The zero-order valence-electron chi connectivity index (χ0n) is 10.6. The van der Waals surface area contributed by atoms with Crippen molar-refractivity contribution in [1.29, 1.82) is 0 Å². The van der Waals surface area contributed by atoms with Gasteiger partial charge in [0, 0.05) is 5.92 Å². The molecule has 0 saturated heterocycles. The fourth-order valence-corrected chi connectivity index (χ4v) is 2.76. The smallest absolute Gasteiger partial charge is 0.405 e. The molecule has 1 aromatic rings. The first-order valence-corrected chi connectivity index (χ1v) is 6.38. The molecule has 2 unspecified atom stereocenters. The Morgan fingerprint density at radius 1 is 1.44 bits per heavy atom. The van der Waals surface area contributed by atoms with Gasteiger partial charge in [-0.3, -0.25) is 0 Å². The van der Waals surface area contributed by atoms with Crippen molar-refractivity contribution in [3.63, 3.8) is 0 Å². The molecular formula is C15H19NO2. The first kappa shape index (κ1) is 12.7. The highest BCUT2D eigenvalue weighted by Gasteiger charge is 2.39. The molecule has 18 heavy (non-hydrogen) atoms. The van der Waals surface area contributed by atoms with Crippen LogP contribution in [-0.4, -0.2) is 16.7 Å². The van der Waals surface area contributed by atoms with E-state index in [0.29, 0.717) is 0 Å². The van der Waals surface area contributed by atoms with E-state index in [-0.39, 0.29) is 11.5 Å². The summed E-state index contributed by atoms with van der Waals surface area (Å²) in [6.07, 6.45) is 5.78. The zero-order chi connectivity index (χ0) is 13.0. The lowest BCUT2D eigenvalue weighted by Gasteiger charge is -2.34. The van der Waals surface area contributed by atoms with Gasteiger partial charge in [-0.2, -0.15) is 0 Å². The molecule has 1 aliphatic rings. The second kappa shape index (κ2) is 5.25. The van der Waals surface area contributed by atoms with Gasteiger partial charge in [-0.1, -0.05) is 49.4 Å². The second-order valence-electron chi connectivity index (χ2n) is 4.87. The fourth-order valence-electron chi connectivity index (χ4n) is 2.76. The molecule has 0 heterocycles. The number of amides is 1. The largest absolute Gasteiger partial charge is 0.465 e. The van der Waals surface area contributed by atoms with Crippen molar-refractivity contribution < 1.29 is 9.90 Å². The average Bonchev–Trinajstić information content (AvgIpc) is 2.73. The monoisotopic (exact) mass is 245 g/mol. The Hall–Kier alpha value is -1.77. The minimum Gasteiger partial charge on any atom is -0.465 e. The molecule has 0 aliphatic heterocycles. The molecule has 0 saturated carbocycles. The first-order chi connectivity index (χ1) is 8.66. The molecule has 3 heteroatoms. The Labute approximate surface area is 108 Å². The Balaban J connectivity index is 2.15. The van der Waals surface area contributed by atoms with Crippen LogP contribution in [0, 0.1) is 5.92 Å². The summed E-state index contributed by atoms with van der Waals surface area (Å²) in [4.78, 5) is 11.0. The third kappa shape index (κ3) is 2.55. The highest BCUT2D eigenvalue weighted by molar-refractivity contribution is 5.66. The highest BCUT2D eigenvalue weighted by atomic mass is 16.4. The van der Waals surface area contributed by atoms with Gasteiger partial charge in [-0.15, -0.1) is 0 Å². The predicted molar refractivity (Wildman–Crippen MR) is 71.6 cm³/mol. The molecule has 1 aliphatic carbocycles. The van der Waals surface area contributed by atoms with Crippen molar-refractivity contribution in [3.8, 4) is 0 Å². The molecule has 0 aromatic heterocycles. The van der Waals surface area contributed by atoms with Crippen LogP contribution in [0.25, 0.3) is 0 Å². The molecule has 0 bridgehead atoms. The van der Waals surface area contributed by atoms with Gasteiger partial charge >= 0.3 is 6.09 Å². The third-order valence-corrected chi connectivity index (χ3v) is 3.85. The SMILES string of the molecule is CCC1(NC(=O)O)CC=CC1Cc1ccccc1. The number of rotatable bonds is 4. The summed E-state index contributed by atoms with van der Waals surface area (Å²) in [6.45, 7) is 2.04. The number of hydrogen-bond acceptors (Lipinski definition) is 1. The maximum absolute atomic E-state index is 11.0. The number of carbonyl (C=O) groups is 1. The molecule has 0 radical (unpaired) electrons. The first-order valence-electron chi connectivity index (χ1n) is 6.38. The van der Waals surface area contributed by atoms with Gasteiger partial charge in [0.15, 0.2) is 0 Å². The summed E-state index contributed by atoms with van der Waals surface area (Å²) < 4.78 is 0. The summed E-state index contributed by atoms with van der Waals surface area (Å²) in [6, 6.07) is 10.2. The number of nitrogens with one attached hydrogen (secondary N) is 1. The third-order valence-electron chi connectivity index (χ3n) is 3.85. The van der Waals surface area contributed by atoms with E-state index in [1.165, 1.54) is 5.56 Å². The minimum atomic E-state index is -0.932. The van der Waals surface area contributed by atoms with Gasteiger partial charge in [0.05, 0.1) is 5.54 Å². The van der Waals surface area contributed by atoms with Crippen LogP contribution in [0.1, 0.15) is 25.3 Å². The molecule has 0 spiro atoms. The Bertz CT molecular complexity index is 441. The summed E-state index contributed by atoms with van der Waals surface area (Å²) in [5.74, 6) is 0.237. The summed E-state index contributed by atoms with van der Waals surface area (Å²) in [5.41, 5.74) is 0.917. The quantitative estimate of drug-likeness (QED) is 0.800. The van der Waals surface area contributed by atoms with Crippen molar-refractivity contribution in [1.82, 2.24) is 5.32 Å². The number of hydrogen-bond donors (Lipinski definition) is 2. The molecule has 1 amide bonds. The van der Waals surface area contributed by atoms with Crippen molar-refractivity contribution in [3.05, 3.63) is 48.0 Å². The maximum Gasteiger partial charge on any atom is 0.405 e. The van der Waals surface area contributed by atoms with Gasteiger partial charge in [0.2, 0.25) is 0 Å². The van der Waals surface area contributed by atoms with Crippen LogP contribution in [0.3, 0.4) is 0 Å². The van der Waals surface area contributed by atoms with Crippen molar-refractivity contribution in [2.24, 2.45) is 5.92 Å².